The molecule has 0 spiro atoms. The summed E-state index contributed by atoms with van der Waals surface area (Å²) in [5, 5.41) is 2.13. The van der Waals surface area contributed by atoms with Crippen LogP contribution in [0.4, 0.5) is 13.2 Å². The minimum Gasteiger partial charge on any atom is -0.346 e. The molecule has 2 aromatic carbocycles. The van der Waals surface area contributed by atoms with Crippen LogP contribution in [0.5, 0.6) is 0 Å². The molecule has 1 atom stereocenters. The summed E-state index contributed by atoms with van der Waals surface area (Å²) in [6.07, 6.45) is 1.12. The smallest absolute Gasteiger partial charge is 0.346 e. The van der Waals surface area contributed by atoms with Crippen molar-refractivity contribution in [1.82, 2.24) is 5.32 Å². The fraction of sp³-hybridized carbons (Fsp3) is 0.286. The van der Waals surface area contributed by atoms with Crippen LogP contribution in [0.3, 0.4) is 0 Å². The van der Waals surface area contributed by atoms with Crippen molar-refractivity contribution < 1.29 is 18.0 Å². The summed E-state index contributed by atoms with van der Waals surface area (Å²) in [6.45, 7) is 0. The number of allylic oxidation sites excluding steroid dienone is 1. The van der Waals surface area contributed by atoms with Crippen LogP contribution in [0, 0.1) is 0 Å². The van der Waals surface area contributed by atoms with Crippen molar-refractivity contribution in [2.75, 3.05) is 0 Å². The molecule has 0 bridgehead atoms. The molecule has 0 aliphatic carbocycles. The van der Waals surface area contributed by atoms with E-state index in [-0.39, 0.29) is 0 Å². The van der Waals surface area contributed by atoms with Gasteiger partial charge >= 0.3 is 12.1 Å². The van der Waals surface area contributed by atoms with Crippen LogP contribution in [0.25, 0.3) is 6.08 Å². The van der Waals surface area contributed by atoms with Crippen molar-refractivity contribution >= 4 is 12.0 Å². The van der Waals surface area contributed by atoms with E-state index in [1.54, 1.807) is 0 Å². The Kier molecular flexibility index (Phi) is 7.45. The molecule has 1 unspecified atom stereocenters. The van der Waals surface area contributed by atoms with Crippen LogP contribution in [0.15, 0.2) is 66.7 Å². The van der Waals surface area contributed by atoms with E-state index in [0.717, 1.165) is 11.1 Å². The summed E-state index contributed by atoms with van der Waals surface area (Å²) in [7, 11) is 0. The van der Waals surface area contributed by atoms with E-state index in [0.29, 0.717) is 25.7 Å². The van der Waals surface area contributed by atoms with Gasteiger partial charge in [0.15, 0.2) is 0 Å². The first-order chi connectivity index (χ1) is 12.4. The highest BCUT2D eigenvalue weighted by atomic mass is 19.4. The zero-order valence-electron chi connectivity index (χ0n) is 14.4. The standard InChI is InChI=1S/C21H22F3NO/c22-21(23,24)20(26)25-19(16-15-18-11-5-2-6-12-18)14-8-7-13-17-9-3-1-4-10-17/h1-7,9-13,19H,8,14-16H2,(H,25,26)/b13-7+. The predicted molar refractivity (Wildman–Crippen MR) is 97.5 cm³/mol. The second-order valence-corrected chi connectivity index (χ2v) is 6.08. The second-order valence-electron chi connectivity index (χ2n) is 6.08. The molecule has 0 aromatic heterocycles. The number of alkyl halides is 3. The fourth-order valence-corrected chi connectivity index (χ4v) is 2.62. The Hall–Kier alpha value is -2.56. The van der Waals surface area contributed by atoms with Crippen molar-refractivity contribution in [3.63, 3.8) is 0 Å². The zero-order valence-corrected chi connectivity index (χ0v) is 14.4. The lowest BCUT2D eigenvalue weighted by Crippen LogP contribution is -2.43. The highest BCUT2D eigenvalue weighted by Crippen LogP contribution is 2.17. The Balaban J connectivity index is 1.91. The van der Waals surface area contributed by atoms with Gasteiger partial charge < -0.3 is 5.32 Å². The molecule has 0 heterocycles. The molecule has 2 nitrogen and oxygen atoms in total. The van der Waals surface area contributed by atoms with Crippen LogP contribution in [0.2, 0.25) is 0 Å². The molecule has 138 valence electrons. The lowest BCUT2D eigenvalue weighted by Gasteiger charge is -2.19. The van der Waals surface area contributed by atoms with E-state index in [4.69, 9.17) is 0 Å². The van der Waals surface area contributed by atoms with Crippen molar-refractivity contribution in [3.05, 3.63) is 77.9 Å². The molecular weight excluding hydrogens is 339 g/mol. The van der Waals surface area contributed by atoms with Gasteiger partial charge in [0.25, 0.3) is 0 Å². The molecule has 0 aliphatic rings. The third-order valence-corrected chi connectivity index (χ3v) is 4.01. The Labute approximate surface area is 151 Å². The van der Waals surface area contributed by atoms with Crippen molar-refractivity contribution in [2.24, 2.45) is 0 Å². The maximum atomic E-state index is 12.6. The number of halogens is 3. The number of nitrogens with one attached hydrogen (secondary N) is 1. The Bertz CT molecular complexity index is 696. The van der Waals surface area contributed by atoms with Gasteiger partial charge in [0.1, 0.15) is 0 Å². The molecule has 0 radical (unpaired) electrons. The highest BCUT2D eigenvalue weighted by molar-refractivity contribution is 5.81. The molecule has 0 fully saturated rings. The number of carbonyl (C=O) groups is 1. The maximum absolute atomic E-state index is 12.6. The van der Waals surface area contributed by atoms with Crippen LogP contribution >= 0.6 is 0 Å². The summed E-state index contributed by atoms with van der Waals surface area (Å²) in [5.41, 5.74) is 2.08. The van der Waals surface area contributed by atoms with Gasteiger partial charge in [-0.25, -0.2) is 0 Å². The van der Waals surface area contributed by atoms with Gasteiger partial charge in [-0.15, -0.1) is 0 Å². The van der Waals surface area contributed by atoms with E-state index in [1.807, 2.05) is 72.8 Å². The largest absolute Gasteiger partial charge is 0.471 e. The average Bonchev–Trinajstić information content (AvgIpc) is 2.64. The predicted octanol–water partition coefficient (Wildman–Crippen LogP) is 5.16. The lowest BCUT2D eigenvalue weighted by molar-refractivity contribution is -0.174. The monoisotopic (exact) mass is 361 g/mol. The first kappa shape index (κ1) is 19.8. The van der Waals surface area contributed by atoms with Gasteiger partial charge in [0.2, 0.25) is 0 Å². The van der Waals surface area contributed by atoms with Crippen LogP contribution < -0.4 is 5.32 Å². The summed E-state index contributed by atoms with van der Waals surface area (Å²) in [4.78, 5) is 11.3. The first-order valence-electron chi connectivity index (χ1n) is 8.58. The van der Waals surface area contributed by atoms with E-state index in [2.05, 4.69) is 5.32 Å². The number of aryl methyl sites for hydroxylation is 1. The third-order valence-electron chi connectivity index (χ3n) is 4.01. The average molecular weight is 361 g/mol. The van der Waals surface area contributed by atoms with Gasteiger partial charge in [-0.3, -0.25) is 4.79 Å². The Morgan fingerprint density at radius 1 is 0.962 bits per heavy atom. The van der Waals surface area contributed by atoms with E-state index in [9.17, 15) is 18.0 Å². The van der Waals surface area contributed by atoms with Crippen LogP contribution in [0.1, 0.15) is 30.4 Å². The third kappa shape index (κ3) is 7.13. The van der Waals surface area contributed by atoms with Gasteiger partial charge in [-0.1, -0.05) is 72.8 Å². The number of amides is 1. The van der Waals surface area contributed by atoms with E-state index in [1.165, 1.54) is 0 Å². The molecule has 2 aromatic rings. The second kappa shape index (κ2) is 9.80. The number of hydrogen-bond acceptors (Lipinski definition) is 1. The molecule has 2 rings (SSSR count). The van der Waals surface area contributed by atoms with Gasteiger partial charge in [-0.05, 0) is 36.8 Å². The first-order valence-corrected chi connectivity index (χ1v) is 8.58. The minimum absolute atomic E-state index is 0.456. The van der Waals surface area contributed by atoms with Crippen molar-refractivity contribution in [2.45, 2.75) is 37.9 Å². The zero-order chi connectivity index (χ0) is 18.8. The van der Waals surface area contributed by atoms with Gasteiger partial charge in [0, 0.05) is 6.04 Å². The van der Waals surface area contributed by atoms with Crippen LogP contribution in [-0.4, -0.2) is 18.1 Å². The number of benzene rings is 2. The molecular formula is C21H22F3NO. The molecule has 1 N–H and O–H groups in total. The number of rotatable bonds is 8. The molecule has 0 saturated heterocycles. The van der Waals surface area contributed by atoms with Gasteiger partial charge in [-0.2, -0.15) is 13.2 Å². The molecule has 1 amide bonds. The van der Waals surface area contributed by atoms with Gasteiger partial charge in [0.05, 0.1) is 0 Å². The molecule has 0 saturated carbocycles. The number of hydrogen-bond donors (Lipinski definition) is 1. The fourth-order valence-electron chi connectivity index (χ4n) is 2.62. The molecule has 26 heavy (non-hydrogen) atoms. The summed E-state index contributed by atoms with van der Waals surface area (Å²) < 4.78 is 37.7. The summed E-state index contributed by atoms with van der Waals surface area (Å²) in [5.74, 6) is -1.87. The maximum Gasteiger partial charge on any atom is 0.471 e. The topological polar surface area (TPSA) is 29.1 Å². The SMILES string of the molecule is O=C(NC(CC/C=C/c1ccccc1)CCc1ccccc1)C(F)(F)F. The van der Waals surface area contributed by atoms with E-state index >= 15 is 0 Å². The normalized spacial score (nSPS) is 12.9. The Morgan fingerprint density at radius 2 is 1.58 bits per heavy atom. The Morgan fingerprint density at radius 3 is 2.19 bits per heavy atom. The summed E-state index contributed by atoms with van der Waals surface area (Å²) in [6, 6.07) is 18.7. The summed E-state index contributed by atoms with van der Waals surface area (Å²) >= 11 is 0. The highest BCUT2D eigenvalue weighted by Gasteiger charge is 2.39. The van der Waals surface area contributed by atoms with E-state index < -0.39 is 18.1 Å². The quantitative estimate of drug-likeness (QED) is 0.691. The van der Waals surface area contributed by atoms with Crippen LogP contribution in [-0.2, 0) is 11.2 Å². The van der Waals surface area contributed by atoms with Crippen molar-refractivity contribution in [3.8, 4) is 0 Å². The van der Waals surface area contributed by atoms with Crippen molar-refractivity contribution in [1.29, 1.82) is 0 Å². The molecule has 0 aliphatic heterocycles. The number of carbonyl (C=O) groups excluding carboxylic acids is 1. The lowest BCUT2D eigenvalue weighted by atomic mass is 10.0. The molecule has 5 heteroatoms. The minimum atomic E-state index is -4.86.